The molecule has 0 spiro atoms. The molecule has 1 aromatic rings. The fourth-order valence-corrected chi connectivity index (χ4v) is 2.64. The Morgan fingerprint density at radius 1 is 1.55 bits per heavy atom. The molecule has 6 heteroatoms. The quantitative estimate of drug-likeness (QED) is 0.888. The number of carboxylic acid groups (broad SMARTS) is 1. The Kier molecular flexibility index (Phi) is 4.42. The molecule has 6 nitrogen and oxygen atoms in total. The third kappa shape index (κ3) is 3.56. The highest BCUT2D eigenvalue weighted by molar-refractivity contribution is 5.74. The second-order valence-corrected chi connectivity index (χ2v) is 6.38. The predicted octanol–water partition coefficient (Wildman–Crippen LogP) is 1.95. The van der Waals surface area contributed by atoms with E-state index in [1.165, 1.54) is 0 Å². The molecule has 1 N–H and O–H groups in total. The maximum atomic E-state index is 11.3. The zero-order valence-corrected chi connectivity index (χ0v) is 12.4. The number of likely N-dealkylation sites (tertiary alicyclic amines) is 1. The number of piperidine rings is 1. The van der Waals surface area contributed by atoms with Gasteiger partial charge in [-0.2, -0.15) is 4.98 Å². The first-order valence-corrected chi connectivity index (χ1v) is 7.16. The van der Waals surface area contributed by atoms with Gasteiger partial charge in [-0.1, -0.05) is 19.0 Å². The van der Waals surface area contributed by atoms with Gasteiger partial charge in [0.25, 0.3) is 0 Å². The minimum atomic E-state index is -0.726. The van der Waals surface area contributed by atoms with Crippen LogP contribution in [0.1, 0.15) is 45.3 Å². The minimum absolute atomic E-state index is 0.480. The van der Waals surface area contributed by atoms with Crippen molar-refractivity contribution in [2.24, 2.45) is 11.3 Å². The number of hydrogen-bond donors (Lipinski definition) is 1. The van der Waals surface area contributed by atoms with Crippen LogP contribution in [0.15, 0.2) is 4.52 Å². The van der Waals surface area contributed by atoms with Gasteiger partial charge in [-0.3, -0.25) is 9.69 Å². The van der Waals surface area contributed by atoms with E-state index in [2.05, 4.69) is 28.9 Å². The molecule has 112 valence electrons. The first kappa shape index (κ1) is 15.0. The third-order valence-electron chi connectivity index (χ3n) is 3.75. The minimum Gasteiger partial charge on any atom is -0.481 e. The number of rotatable bonds is 5. The molecule has 1 aliphatic heterocycles. The number of carbonyl (C=O) groups is 1. The Hall–Kier alpha value is -1.43. The van der Waals surface area contributed by atoms with E-state index in [-0.39, 0.29) is 0 Å². The van der Waals surface area contributed by atoms with Crippen molar-refractivity contribution in [3.8, 4) is 0 Å². The second kappa shape index (κ2) is 5.91. The lowest BCUT2D eigenvalue weighted by Gasteiger charge is -2.36. The highest BCUT2D eigenvalue weighted by Gasteiger charge is 2.38. The zero-order chi connectivity index (χ0) is 14.8. The van der Waals surface area contributed by atoms with Crippen molar-refractivity contribution in [2.75, 3.05) is 13.1 Å². The Bertz CT molecular complexity index is 472. The molecule has 0 aliphatic carbocycles. The van der Waals surface area contributed by atoms with E-state index in [4.69, 9.17) is 4.52 Å². The second-order valence-electron chi connectivity index (χ2n) is 6.38. The normalized spacial score (nSPS) is 24.2. The summed E-state index contributed by atoms with van der Waals surface area (Å²) in [5.41, 5.74) is -0.664. The first-order chi connectivity index (χ1) is 9.39. The van der Waals surface area contributed by atoms with Crippen LogP contribution in [0, 0.1) is 11.3 Å². The van der Waals surface area contributed by atoms with Crippen LogP contribution in [-0.2, 0) is 17.8 Å². The highest BCUT2D eigenvalue weighted by atomic mass is 16.5. The van der Waals surface area contributed by atoms with Crippen LogP contribution < -0.4 is 0 Å². The van der Waals surface area contributed by atoms with Gasteiger partial charge in [0, 0.05) is 13.0 Å². The number of hydrogen-bond acceptors (Lipinski definition) is 5. The summed E-state index contributed by atoms with van der Waals surface area (Å²) >= 11 is 0. The van der Waals surface area contributed by atoms with Crippen LogP contribution in [0.2, 0.25) is 0 Å². The molecule has 0 saturated carbocycles. The smallest absolute Gasteiger partial charge is 0.310 e. The summed E-state index contributed by atoms with van der Waals surface area (Å²) in [4.78, 5) is 17.8. The molecule has 0 aromatic carbocycles. The fraction of sp³-hybridized carbons (Fsp3) is 0.786. The summed E-state index contributed by atoms with van der Waals surface area (Å²) in [5.74, 6) is 1.06. The van der Waals surface area contributed by atoms with Gasteiger partial charge in [-0.05, 0) is 32.2 Å². The van der Waals surface area contributed by atoms with Crippen molar-refractivity contribution in [3.63, 3.8) is 0 Å². The Morgan fingerprint density at radius 2 is 2.30 bits per heavy atom. The summed E-state index contributed by atoms with van der Waals surface area (Å²) in [6, 6.07) is 0. The van der Waals surface area contributed by atoms with E-state index in [9.17, 15) is 9.90 Å². The van der Waals surface area contributed by atoms with E-state index in [1.54, 1.807) is 0 Å². The van der Waals surface area contributed by atoms with Crippen LogP contribution >= 0.6 is 0 Å². The SMILES string of the molecule is CC(C)Cc1nc(CN2CCCC(C)(C(=O)O)C2)no1. The Morgan fingerprint density at radius 3 is 2.95 bits per heavy atom. The third-order valence-corrected chi connectivity index (χ3v) is 3.75. The van der Waals surface area contributed by atoms with Crippen molar-refractivity contribution in [2.45, 2.75) is 46.6 Å². The predicted molar refractivity (Wildman–Crippen MR) is 73.1 cm³/mol. The van der Waals surface area contributed by atoms with Gasteiger partial charge in [-0.15, -0.1) is 0 Å². The molecule has 0 radical (unpaired) electrons. The molecule has 2 rings (SSSR count). The lowest BCUT2D eigenvalue weighted by molar-refractivity contribution is -0.151. The molecule has 1 unspecified atom stereocenters. The molecule has 0 bridgehead atoms. The maximum absolute atomic E-state index is 11.3. The van der Waals surface area contributed by atoms with E-state index >= 15 is 0 Å². The molecule has 1 fully saturated rings. The van der Waals surface area contributed by atoms with Gasteiger partial charge in [0.05, 0.1) is 12.0 Å². The van der Waals surface area contributed by atoms with E-state index in [1.807, 2.05) is 6.92 Å². The van der Waals surface area contributed by atoms with Crippen molar-refractivity contribution in [1.29, 1.82) is 0 Å². The summed E-state index contributed by atoms with van der Waals surface area (Å²) in [6.45, 7) is 8.00. The number of aliphatic carboxylic acids is 1. The van der Waals surface area contributed by atoms with Gasteiger partial charge >= 0.3 is 5.97 Å². The van der Waals surface area contributed by atoms with Gasteiger partial charge in [0.1, 0.15) is 0 Å². The maximum Gasteiger partial charge on any atom is 0.310 e. The molecule has 1 atom stereocenters. The Balaban J connectivity index is 1.96. The van der Waals surface area contributed by atoms with E-state index in [0.717, 1.165) is 25.8 Å². The highest BCUT2D eigenvalue weighted by Crippen LogP contribution is 2.30. The fourth-order valence-electron chi connectivity index (χ4n) is 2.64. The average Bonchev–Trinajstić information content (AvgIpc) is 2.75. The number of nitrogens with zero attached hydrogens (tertiary/aromatic N) is 3. The molecule has 1 saturated heterocycles. The van der Waals surface area contributed by atoms with Crippen LogP contribution in [0.5, 0.6) is 0 Å². The summed E-state index contributed by atoms with van der Waals surface area (Å²) in [7, 11) is 0. The van der Waals surface area contributed by atoms with Crippen LogP contribution in [0.4, 0.5) is 0 Å². The van der Waals surface area contributed by atoms with Crippen LogP contribution in [-0.4, -0.2) is 39.2 Å². The lowest BCUT2D eigenvalue weighted by atomic mass is 9.82. The van der Waals surface area contributed by atoms with Gasteiger partial charge in [-0.25, -0.2) is 0 Å². The van der Waals surface area contributed by atoms with Gasteiger partial charge in [0.15, 0.2) is 5.82 Å². The Labute approximate surface area is 119 Å². The standard InChI is InChI=1S/C14H23N3O3/c1-10(2)7-12-15-11(16-20-12)8-17-6-4-5-14(3,9-17)13(18)19/h10H,4-9H2,1-3H3,(H,18,19). The molecular formula is C14H23N3O3. The lowest BCUT2D eigenvalue weighted by Crippen LogP contribution is -2.45. The monoisotopic (exact) mass is 281 g/mol. The van der Waals surface area contributed by atoms with Crippen molar-refractivity contribution in [1.82, 2.24) is 15.0 Å². The summed E-state index contributed by atoms with van der Waals surface area (Å²) in [5, 5.41) is 13.3. The molecule has 20 heavy (non-hydrogen) atoms. The van der Waals surface area contributed by atoms with Crippen molar-refractivity contribution >= 4 is 5.97 Å². The molecular weight excluding hydrogens is 258 g/mol. The average molecular weight is 281 g/mol. The first-order valence-electron chi connectivity index (χ1n) is 7.16. The van der Waals surface area contributed by atoms with Gasteiger partial charge < -0.3 is 9.63 Å². The number of aromatic nitrogens is 2. The molecule has 1 aliphatic rings. The van der Waals surface area contributed by atoms with Gasteiger partial charge in [0.2, 0.25) is 5.89 Å². The van der Waals surface area contributed by atoms with Crippen molar-refractivity contribution < 1.29 is 14.4 Å². The summed E-state index contributed by atoms with van der Waals surface area (Å²) in [6.07, 6.45) is 2.39. The number of carboxylic acids is 1. The van der Waals surface area contributed by atoms with E-state index < -0.39 is 11.4 Å². The van der Waals surface area contributed by atoms with E-state index in [0.29, 0.717) is 30.7 Å². The zero-order valence-electron chi connectivity index (χ0n) is 12.4. The molecule has 0 amide bonds. The molecule has 1 aromatic heterocycles. The topological polar surface area (TPSA) is 79.5 Å². The van der Waals surface area contributed by atoms with Crippen molar-refractivity contribution in [3.05, 3.63) is 11.7 Å². The van der Waals surface area contributed by atoms with Crippen LogP contribution in [0.25, 0.3) is 0 Å². The summed E-state index contributed by atoms with van der Waals surface area (Å²) < 4.78 is 5.21. The van der Waals surface area contributed by atoms with Crippen LogP contribution in [0.3, 0.4) is 0 Å². The molecule has 2 heterocycles. The largest absolute Gasteiger partial charge is 0.481 e.